The minimum Gasteiger partial charge on any atom is -0.465 e. The van der Waals surface area contributed by atoms with Gasteiger partial charge in [0.15, 0.2) is 0 Å². The van der Waals surface area contributed by atoms with Crippen LogP contribution in [0.15, 0.2) is 9.85 Å². The predicted octanol–water partition coefficient (Wildman–Crippen LogP) is 1.59. The zero-order valence-corrected chi connectivity index (χ0v) is 12.6. The smallest absolute Gasteiger partial charge is 0.405 e. The fraction of sp³-hybridized carbons (Fsp3) is 0.364. The summed E-state index contributed by atoms with van der Waals surface area (Å²) in [5, 5.41) is 13.5. The van der Waals surface area contributed by atoms with E-state index in [2.05, 4.69) is 26.6 Å². The van der Waals surface area contributed by atoms with Gasteiger partial charge in [0, 0.05) is 0 Å². The molecule has 108 valence electrons. The molecule has 1 aromatic rings. The summed E-state index contributed by atoms with van der Waals surface area (Å²) in [6.45, 7) is 0. The lowest BCUT2D eigenvalue weighted by atomic mass is 10.1. The molecule has 0 aliphatic heterocycles. The molecule has 0 radical (unpaired) electrons. The molecule has 3 amide bonds. The molecule has 7 nitrogen and oxygen atoms in total. The first-order chi connectivity index (χ1) is 9.38. The summed E-state index contributed by atoms with van der Waals surface area (Å²) in [5.41, 5.74) is 5.51. The van der Waals surface area contributed by atoms with Crippen LogP contribution < -0.4 is 16.4 Å². The highest BCUT2D eigenvalue weighted by Gasteiger charge is 2.37. The maximum Gasteiger partial charge on any atom is 0.405 e. The molecule has 0 bridgehead atoms. The SMILES string of the molecule is NC(=O)c1sc(Br)cc1NC(=O)C(NC(=O)O)C1CC1. The van der Waals surface area contributed by atoms with Crippen molar-refractivity contribution in [2.24, 2.45) is 11.7 Å². The fourth-order valence-electron chi connectivity index (χ4n) is 1.81. The fourth-order valence-corrected chi connectivity index (χ4v) is 3.21. The highest BCUT2D eigenvalue weighted by Crippen LogP contribution is 2.35. The third-order valence-electron chi connectivity index (χ3n) is 2.84. The summed E-state index contributed by atoms with van der Waals surface area (Å²) in [6.07, 6.45) is 0.349. The van der Waals surface area contributed by atoms with E-state index in [1.54, 1.807) is 6.07 Å². The Labute approximate surface area is 126 Å². The molecule has 5 N–H and O–H groups in total. The largest absolute Gasteiger partial charge is 0.465 e. The van der Waals surface area contributed by atoms with Gasteiger partial charge in [0.2, 0.25) is 5.91 Å². The Hall–Kier alpha value is -1.61. The van der Waals surface area contributed by atoms with Crippen molar-refractivity contribution in [2.75, 3.05) is 5.32 Å². The molecule has 0 spiro atoms. The molecule has 1 aromatic heterocycles. The molecular formula is C11H12BrN3O4S. The van der Waals surface area contributed by atoms with Crippen molar-refractivity contribution in [3.05, 3.63) is 14.7 Å². The number of amides is 3. The molecule has 9 heteroatoms. The topological polar surface area (TPSA) is 122 Å². The molecule has 1 saturated carbocycles. The predicted molar refractivity (Wildman–Crippen MR) is 76.8 cm³/mol. The van der Waals surface area contributed by atoms with Crippen molar-refractivity contribution in [2.45, 2.75) is 18.9 Å². The molecule has 0 saturated heterocycles. The molecule has 1 aliphatic carbocycles. The number of primary amides is 1. The Kier molecular flexibility index (Phi) is 4.29. The van der Waals surface area contributed by atoms with E-state index in [0.717, 1.165) is 24.2 Å². The number of nitrogens with two attached hydrogens (primary N) is 1. The van der Waals surface area contributed by atoms with Crippen molar-refractivity contribution < 1.29 is 19.5 Å². The highest BCUT2D eigenvalue weighted by molar-refractivity contribution is 9.11. The first-order valence-electron chi connectivity index (χ1n) is 5.78. The van der Waals surface area contributed by atoms with Gasteiger partial charge in [-0.05, 0) is 40.8 Å². The molecule has 20 heavy (non-hydrogen) atoms. The molecule has 2 rings (SSSR count). The molecule has 1 atom stereocenters. The lowest BCUT2D eigenvalue weighted by Gasteiger charge is -2.15. The average molecular weight is 362 g/mol. The Morgan fingerprint density at radius 2 is 2.10 bits per heavy atom. The van der Waals surface area contributed by atoms with Gasteiger partial charge in [0.25, 0.3) is 5.91 Å². The van der Waals surface area contributed by atoms with E-state index in [1.165, 1.54) is 0 Å². The maximum atomic E-state index is 12.1. The van der Waals surface area contributed by atoms with E-state index in [1.807, 2.05) is 0 Å². The second-order valence-corrected chi connectivity index (χ2v) is 6.84. The first-order valence-corrected chi connectivity index (χ1v) is 7.39. The van der Waals surface area contributed by atoms with Crippen LogP contribution in [0.5, 0.6) is 0 Å². The van der Waals surface area contributed by atoms with Gasteiger partial charge in [-0.1, -0.05) is 0 Å². The summed E-state index contributed by atoms with van der Waals surface area (Å²) in [5.74, 6) is -1.13. The van der Waals surface area contributed by atoms with Gasteiger partial charge < -0.3 is 21.5 Å². The van der Waals surface area contributed by atoms with Crippen LogP contribution in [0.3, 0.4) is 0 Å². The third kappa shape index (κ3) is 3.48. The summed E-state index contributed by atoms with van der Waals surface area (Å²) >= 11 is 4.31. The number of carboxylic acid groups (broad SMARTS) is 1. The first kappa shape index (κ1) is 14.8. The van der Waals surface area contributed by atoms with Gasteiger partial charge in [0.05, 0.1) is 9.47 Å². The Morgan fingerprint density at radius 1 is 1.45 bits per heavy atom. The zero-order chi connectivity index (χ0) is 14.9. The number of rotatable bonds is 5. The molecule has 1 aliphatic rings. The van der Waals surface area contributed by atoms with E-state index in [4.69, 9.17) is 10.8 Å². The van der Waals surface area contributed by atoms with Crippen LogP contribution in [-0.4, -0.2) is 29.1 Å². The van der Waals surface area contributed by atoms with Crippen LogP contribution in [0.2, 0.25) is 0 Å². The van der Waals surface area contributed by atoms with Crippen molar-refractivity contribution in [1.29, 1.82) is 0 Å². The second kappa shape index (κ2) is 5.80. The number of nitrogens with one attached hydrogen (secondary N) is 2. The van der Waals surface area contributed by atoms with Gasteiger partial charge in [0.1, 0.15) is 10.9 Å². The molecule has 1 unspecified atom stereocenters. The Morgan fingerprint density at radius 3 is 2.60 bits per heavy atom. The van der Waals surface area contributed by atoms with Crippen LogP contribution in [0.1, 0.15) is 22.5 Å². The number of hydrogen-bond acceptors (Lipinski definition) is 4. The summed E-state index contributed by atoms with van der Waals surface area (Å²) in [6, 6.07) is 0.750. The van der Waals surface area contributed by atoms with Crippen molar-refractivity contribution >= 4 is 50.9 Å². The van der Waals surface area contributed by atoms with Crippen molar-refractivity contribution in [1.82, 2.24) is 5.32 Å². The van der Waals surface area contributed by atoms with E-state index in [9.17, 15) is 14.4 Å². The van der Waals surface area contributed by atoms with Crippen LogP contribution >= 0.6 is 27.3 Å². The maximum absolute atomic E-state index is 12.1. The molecule has 1 heterocycles. The lowest BCUT2D eigenvalue weighted by molar-refractivity contribution is -0.118. The quantitative estimate of drug-likeness (QED) is 0.635. The van der Waals surface area contributed by atoms with Crippen LogP contribution in [-0.2, 0) is 4.79 Å². The standard InChI is InChI=1S/C11H12BrN3O4S/c12-6-3-5(8(20-6)9(13)16)14-10(17)7(4-1-2-4)15-11(18)19/h3-4,7,15H,1-2H2,(H2,13,16)(H,14,17)(H,18,19). The van der Waals surface area contributed by atoms with Crippen molar-refractivity contribution in [3.8, 4) is 0 Å². The summed E-state index contributed by atoms with van der Waals surface area (Å²) in [7, 11) is 0. The van der Waals surface area contributed by atoms with E-state index < -0.39 is 23.9 Å². The van der Waals surface area contributed by atoms with Gasteiger partial charge in [-0.15, -0.1) is 11.3 Å². The van der Waals surface area contributed by atoms with Gasteiger partial charge >= 0.3 is 6.09 Å². The number of thiophene rings is 1. The summed E-state index contributed by atoms with van der Waals surface area (Å²) < 4.78 is 0.649. The minimum atomic E-state index is -1.25. The van der Waals surface area contributed by atoms with Gasteiger partial charge in [-0.25, -0.2) is 4.79 Å². The van der Waals surface area contributed by atoms with Crippen molar-refractivity contribution in [3.63, 3.8) is 0 Å². The average Bonchev–Trinajstić information content (AvgIpc) is 3.10. The molecule has 1 fully saturated rings. The summed E-state index contributed by atoms with van der Waals surface area (Å²) in [4.78, 5) is 34.3. The molecule has 0 aromatic carbocycles. The third-order valence-corrected chi connectivity index (χ3v) is 4.49. The van der Waals surface area contributed by atoms with E-state index in [0.29, 0.717) is 3.79 Å². The second-order valence-electron chi connectivity index (χ2n) is 4.41. The number of anilines is 1. The minimum absolute atomic E-state index is 0.00482. The Balaban J connectivity index is 2.13. The lowest BCUT2D eigenvalue weighted by Crippen LogP contribution is -2.44. The van der Waals surface area contributed by atoms with Crippen LogP contribution in [0, 0.1) is 5.92 Å². The van der Waals surface area contributed by atoms with Crippen LogP contribution in [0.4, 0.5) is 10.5 Å². The van der Waals surface area contributed by atoms with Gasteiger partial charge in [-0.3, -0.25) is 9.59 Å². The number of carbonyl (C=O) groups excluding carboxylic acids is 2. The normalized spacial score (nSPS) is 15.4. The monoisotopic (exact) mass is 361 g/mol. The highest BCUT2D eigenvalue weighted by atomic mass is 79.9. The number of hydrogen-bond donors (Lipinski definition) is 4. The molecular weight excluding hydrogens is 350 g/mol. The van der Waals surface area contributed by atoms with Gasteiger partial charge in [-0.2, -0.15) is 0 Å². The number of halogens is 1. The van der Waals surface area contributed by atoms with Crippen LogP contribution in [0.25, 0.3) is 0 Å². The van der Waals surface area contributed by atoms with E-state index >= 15 is 0 Å². The number of carbonyl (C=O) groups is 3. The zero-order valence-electron chi connectivity index (χ0n) is 10.2. The Bertz CT molecular complexity index is 570. The van der Waals surface area contributed by atoms with E-state index in [-0.39, 0.29) is 16.5 Å².